The molecule has 18 heavy (non-hydrogen) atoms. The van der Waals surface area contributed by atoms with Crippen molar-refractivity contribution in [3.8, 4) is 5.75 Å². The number of carbonyl (C=O) groups excluding carboxylic acids is 1. The van der Waals surface area contributed by atoms with Crippen LogP contribution in [0, 0.1) is 11.3 Å². The molecule has 2 fully saturated rings. The van der Waals surface area contributed by atoms with E-state index < -0.39 is 0 Å². The molecule has 0 unspecified atom stereocenters. The van der Waals surface area contributed by atoms with Crippen molar-refractivity contribution in [3.63, 3.8) is 0 Å². The zero-order valence-electron chi connectivity index (χ0n) is 10.1. The molecule has 2 aliphatic rings. The summed E-state index contributed by atoms with van der Waals surface area (Å²) in [5, 5.41) is 12.7. The van der Waals surface area contributed by atoms with Gasteiger partial charge < -0.3 is 10.4 Å². The van der Waals surface area contributed by atoms with E-state index >= 15 is 0 Å². The molecule has 0 aliphatic heterocycles. The molecule has 1 aromatic rings. The summed E-state index contributed by atoms with van der Waals surface area (Å²) in [6, 6.07) is 4.43. The second-order valence-corrected chi connectivity index (χ2v) is 5.89. The van der Waals surface area contributed by atoms with Gasteiger partial charge in [-0.3, -0.25) is 4.79 Å². The van der Waals surface area contributed by atoms with Gasteiger partial charge >= 0.3 is 0 Å². The molecule has 2 saturated carbocycles. The summed E-state index contributed by atoms with van der Waals surface area (Å²) in [5.41, 5.74) is 0.724. The minimum absolute atomic E-state index is 0.0629. The van der Waals surface area contributed by atoms with Crippen LogP contribution < -0.4 is 5.32 Å². The van der Waals surface area contributed by atoms with Gasteiger partial charge in [-0.2, -0.15) is 0 Å². The Hall–Kier alpha value is -1.22. The molecule has 1 aromatic carbocycles. The van der Waals surface area contributed by atoms with Crippen LogP contribution in [0.25, 0.3) is 0 Å². The van der Waals surface area contributed by atoms with E-state index in [0.29, 0.717) is 16.0 Å². The highest BCUT2D eigenvalue weighted by molar-refractivity contribution is 6.33. The number of carbonyl (C=O) groups is 1. The van der Waals surface area contributed by atoms with Crippen LogP contribution in [0.1, 0.15) is 36.0 Å². The number of hydrogen-bond donors (Lipinski definition) is 2. The Morgan fingerprint density at radius 1 is 1.44 bits per heavy atom. The topological polar surface area (TPSA) is 49.3 Å². The molecule has 0 saturated heterocycles. The molecule has 3 nitrogen and oxygen atoms in total. The number of amides is 1. The maximum absolute atomic E-state index is 12.0. The highest BCUT2D eigenvalue weighted by atomic mass is 35.5. The van der Waals surface area contributed by atoms with Crippen LogP contribution in [0.4, 0.5) is 0 Å². The second kappa shape index (κ2) is 4.16. The lowest BCUT2D eigenvalue weighted by atomic mass is 10.0. The number of phenols is 1. The molecule has 0 atom stereocenters. The number of halogens is 1. The fourth-order valence-electron chi connectivity index (χ4n) is 2.62. The maximum atomic E-state index is 12.0. The Morgan fingerprint density at radius 3 is 2.78 bits per heavy atom. The van der Waals surface area contributed by atoms with Crippen molar-refractivity contribution in [1.82, 2.24) is 5.32 Å². The third-order valence-corrected chi connectivity index (χ3v) is 4.46. The van der Waals surface area contributed by atoms with Gasteiger partial charge in [0.05, 0.1) is 10.6 Å². The summed E-state index contributed by atoms with van der Waals surface area (Å²) in [4.78, 5) is 12.0. The molecule has 2 N–H and O–H groups in total. The van der Waals surface area contributed by atoms with Crippen LogP contribution in [-0.4, -0.2) is 17.6 Å². The van der Waals surface area contributed by atoms with Crippen molar-refractivity contribution in [1.29, 1.82) is 0 Å². The van der Waals surface area contributed by atoms with Crippen LogP contribution in [0.5, 0.6) is 5.75 Å². The second-order valence-electron chi connectivity index (χ2n) is 5.48. The molecule has 2 aliphatic carbocycles. The monoisotopic (exact) mass is 265 g/mol. The third kappa shape index (κ3) is 2.19. The average Bonchev–Trinajstić information content (AvgIpc) is 3.21. The highest BCUT2D eigenvalue weighted by Gasteiger charge is 2.53. The van der Waals surface area contributed by atoms with Crippen LogP contribution in [0.2, 0.25) is 5.02 Å². The average molecular weight is 266 g/mol. The van der Waals surface area contributed by atoms with Gasteiger partial charge in [0.15, 0.2) is 0 Å². The van der Waals surface area contributed by atoms with Crippen molar-refractivity contribution in [3.05, 3.63) is 28.8 Å². The molecule has 1 amide bonds. The fraction of sp³-hybridized carbons (Fsp3) is 0.500. The summed E-state index contributed by atoms with van der Waals surface area (Å²) in [7, 11) is 0. The Kier molecular flexibility index (Phi) is 2.74. The van der Waals surface area contributed by atoms with Crippen molar-refractivity contribution in [2.45, 2.75) is 25.7 Å². The van der Waals surface area contributed by atoms with E-state index in [0.717, 1.165) is 12.5 Å². The molecule has 0 bridgehead atoms. The van der Waals surface area contributed by atoms with Gasteiger partial charge in [0.2, 0.25) is 0 Å². The summed E-state index contributed by atoms with van der Waals surface area (Å²) >= 11 is 5.96. The molecular formula is C14H16ClNO2. The number of benzene rings is 1. The summed E-state index contributed by atoms with van der Waals surface area (Å²) in [6.45, 7) is 0.739. The van der Waals surface area contributed by atoms with Gasteiger partial charge in [-0.1, -0.05) is 11.6 Å². The molecule has 96 valence electrons. The standard InChI is InChI=1S/C14H16ClNO2/c15-12-4-3-10(17)7-11(12)13(18)16-8-14(5-6-14)9-1-2-9/h3-4,7,9,17H,1-2,5-6,8H2,(H,16,18). The Labute approximate surface area is 111 Å². The first-order valence-electron chi connectivity index (χ1n) is 6.37. The van der Waals surface area contributed by atoms with E-state index in [1.165, 1.54) is 37.8 Å². The van der Waals surface area contributed by atoms with Gasteiger partial charge in [-0.15, -0.1) is 0 Å². The summed E-state index contributed by atoms with van der Waals surface area (Å²) in [5.74, 6) is 0.688. The van der Waals surface area contributed by atoms with Crippen LogP contribution >= 0.6 is 11.6 Å². The smallest absolute Gasteiger partial charge is 0.252 e. The quantitative estimate of drug-likeness (QED) is 0.879. The molecule has 0 radical (unpaired) electrons. The van der Waals surface area contributed by atoms with Crippen molar-refractivity contribution < 1.29 is 9.90 Å². The van der Waals surface area contributed by atoms with Crippen LogP contribution in [-0.2, 0) is 0 Å². The Balaban J connectivity index is 1.65. The first kappa shape index (κ1) is 11.8. The number of hydrogen-bond acceptors (Lipinski definition) is 2. The largest absolute Gasteiger partial charge is 0.508 e. The Bertz CT molecular complexity index is 493. The predicted octanol–water partition coefficient (Wildman–Crippen LogP) is 2.97. The summed E-state index contributed by atoms with van der Waals surface area (Å²) in [6.07, 6.45) is 5.07. The molecule has 0 heterocycles. The van der Waals surface area contributed by atoms with Crippen molar-refractivity contribution >= 4 is 17.5 Å². The minimum Gasteiger partial charge on any atom is -0.508 e. The predicted molar refractivity (Wildman–Crippen MR) is 69.8 cm³/mol. The zero-order chi connectivity index (χ0) is 12.8. The summed E-state index contributed by atoms with van der Waals surface area (Å²) < 4.78 is 0. The maximum Gasteiger partial charge on any atom is 0.252 e. The number of aromatic hydroxyl groups is 1. The van der Waals surface area contributed by atoms with Crippen molar-refractivity contribution in [2.75, 3.05) is 6.54 Å². The minimum atomic E-state index is -0.192. The van der Waals surface area contributed by atoms with E-state index in [4.69, 9.17) is 11.6 Å². The molecule has 0 spiro atoms. The molecule has 0 aromatic heterocycles. The lowest BCUT2D eigenvalue weighted by Crippen LogP contribution is -2.31. The highest BCUT2D eigenvalue weighted by Crippen LogP contribution is 2.60. The third-order valence-electron chi connectivity index (χ3n) is 4.13. The van der Waals surface area contributed by atoms with Gasteiger partial charge in [-0.05, 0) is 55.2 Å². The molecule has 3 rings (SSSR count). The fourth-order valence-corrected chi connectivity index (χ4v) is 2.83. The lowest BCUT2D eigenvalue weighted by molar-refractivity contribution is 0.0942. The SMILES string of the molecule is O=C(NCC1(C2CC2)CC1)c1cc(O)ccc1Cl. The van der Waals surface area contributed by atoms with E-state index in [-0.39, 0.29) is 11.7 Å². The lowest BCUT2D eigenvalue weighted by Gasteiger charge is -2.15. The number of phenolic OH excluding ortho intramolecular Hbond substituents is 1. The van der Waals surface area contributed by atoms with Crippen molar-refractivity contribution in [2.24, 2.45) is 11.3 Å². The molecule has 4 heteroatoms. The van der Waals surface area contributed by atoms with E-state index in [1.54, 1.807) is 6.07 Å². The Morgan fingerprint density at radius 2 is 2.17 bits per heavy atom. The van der Waals surface area contributed by atoms with E-state index in [9.17, 15) is 9.90 Å². The van der Waals surface area contributed by atoms with Crippen LogP contribution in [0.15, 0.2) is 18.2 Å². The van der Waals surface area contributed by atoms with E-state index in [2.05, 4.69) is 5.32 Å². The first-order valence-corrected chi connectivity index (χ1v) is 6.75. The van der Waals surface area contributed by atoms with Gasteiger partial charge in [0.1, 0.15) is 5.75 Å². The van der Waals surface area contributed by atoms with Crippen LogP contribution in [0.3, 0.4) is 0 Å². The number of rotatable bonds is 4. The van der Waals surface area contributed by atoms with E-state index in [1.807, 2.05) is 0 Å². The number of nitrogens with one attached hydrogen (secondary N) is 1. The zero-order valence-corrected chi connectivity index (χ0v) is 10.8. The van der Waals surface area contributed by atoms with Gasteiger partial charge in [0, 0.05) is 6.54 Å². The first-order chi connectivity index (χ1) is 8.61. The molecular weight excluding hydrogens is 250 g/mol. The normalized spacial score (nSPS) is 20.5. The van der Waals surface area contributed by atoms with Gasteiger partial charge in [-0.25, -0.2) is 0 Å². The van der Waals surface area contributed by atoms with Gasteiger partial charge in [0.25, 0.3) is 5.91 Å².